The van der Waals surface area contributed by atoms with Gasteiger partial charge in [-0.1, -0.05) is 35.4 Å². The zero-order valence-corrected chi connectivity index (χ0v) is 8.66. The molecule has 0 amide bonds. The van der Waals surface area contributed by atoms with Gasteiger partial charge in [0, 0.05) is 0 Å². The molecule has 0 radical (unpaired) electrons. The summed E-state index contributed by atoms with van der Waals surface area (Å²) in [6, 6.07) is 8.78. The lowest BCUT2D eigenvalue weighted by atomic mass is 10.2. The van der Waals surface area contributed by atoms with E-state index in [9.17, 15) is 0 Å². The average molecular weight is 192 g/mol. The summed E-state index contributed by atoms with van der Waals surface area (Å²) in [5, 5.41) is 0. The number of hydrogen-bond donors (Lipinski definition) is 1. The van der Waals surface area contributed by atoms with Gasteiger partial charge < -0.3 is 10.5 Å². The fourth-order valence-electron chi connectivity index (χ4n) is 1.16. The summed E-state index contributed by atoms with van der Waals surface area (Å²) in [4.78, 5) is 3.71. The van der Waals surface area contributed by atoms with Gasteiger partial charge in [-0.2, -0.15) is 0 Å². The average Bonchev–Trinajstić information content (AvgIpc) is 2.56. The number of aliphatic imine (C=N–C) groups is 1. The Bertz CT molecular complexity index is 304. The van der Waals surface area contributed by atoms with Gasteiger partial charge in [0.25, 0.3) is 6.02 Å². The highest BCUT2D eigenvalue weighted by Crippen LogP contribution is 2.00. The van der Waals surface area contributed by atoms with Gasteiger partial charge in [0.05, 0.1) is 6.54 Å². The van der Waals surface area contributed by atoms with E-state index in [4.69, 9.17) is 5.73 Å². The van der Waals surface area contributed by atoms with Crippen LogP contribution in [0.3, 0.4) is 0 Å². The van der Waals surface area contributed by atoms with Crippen molar-refractivity contribution in [3.63, 3.8) is 0 Å². The number of rotatable bonds is 0. The van der Waals surface area contributed by atoms with Crippen molar-refractivity contribution in [1.29, 1.82) is 0 Å². The third-order valence-corrected chi connectivity index (χ3v) is 1.78. The lowest BCUT2D eigenvalue weighted by Crippen LogP contribution is -2.10. The molecule has 0 atom stereocenters. The van der Waals surface area contributed by atoms with Crippen LogP contribution in [-0.2, 0) is 4.74 Å². The van der Waals surface area contributed by atoms with Gasteiger partial charge in [0.2, 0.25) is 0 Å². The summed E-state index contributed by atoms with van der Waals surface area (Å²) < 4.78 is 4.68. The van der Waals surface area contributed by atoms with Crippen LogP contribution >= 0.6 is 0 Å². The number of aryl methyl sites for hydroxylation is 2. The van der Waals surface area contributed by atoms with Crippen molar-refractivity contribution < 1.29 is 4.74 Å². The molecule has 0 aromatic heterocycles. The number of benzene rings is 1. The van der Waals surface area contributed by atoms with E-state index in [2.05, 4.69) is 47.8 Å². The number of ether oxygens (including phenoxy) is 1. The molecule has 0 saturated heterocycles. The molecule has 3 heteroatoms. The van der Waals surface area contributed by atoms with E-state index in [1.54, 1.807) is 0 Å². The van der Waals surface area contributed by atoms with Crippen molar-refractivity contribution in [2.45, 2.75) is 13.8 Å². The predicted molar refractivity (Wildman–Crippen MR) is 58.4 cm³/mol. The summed E-state index contributed by atoms with van der Waals surface area (Å²) in [5.41, 5.74) is 7.74. The molecule has 14 heavy (non-hydrogen) atoms. The molecular weight excluding hydrogens is 176 g/mol. The van der Waals surface area contributed by atoms with E-state index in [1.807, 2.05) is 0 Å². The molecule has 0 saturated carbocycles. The highest BCUT2D eigenvalue weighted by atomic mass is 16.5. The molecule has 1 heterocycles. The van der Waals surface area contributed by atoms with Crippen LogP contribution in [0.25, 0.3) is 0 Å². The molecular formula is C11H16N2O. The monoisotopic (exact) mass is 192 g/mol. The fraction of sp³-hybridized carbons (Fsp3) is 0.364. The van der Waals surface area contributed by atoms with E-state index in [0.29, 0.717) is 12.6 Å². The van der Waals surface area contributed by atoms with E-state index in [-0.39, 0.29) is 0 Å². The van der Waals surface area contributed by atoms with Gasteiger partial charge in [0.15, 0.2) is 0 Å². The number of hydrogen-bond acceptors (Lipinski definition) is 3. The van der Waals surface area contributed by atoms with E-state index < -0.39 is 0 Å². The van der Waals surface area contributed by atoms with Gasteiger partial charge >= 0.3 is 0 Å². The van der Waals surface area contributed by atoms with Crippen LogP contribution < -0.4 is 5.73 Å². The quantitative estimate of drug-likeness (QED) is 0.679. The molecule has 2 rings (SSSR count). The van der Waals surface area contributed by atoms with E-state index >= 15 is 0 Å². The molecule has 1 aliphatic rings. The third kappa shape index (κ3) is 3.94. The zero-order valence-electron chi connectivity index (χ0n) is 8.66. The van der Waals surface area contributed by atoms with Crippen LogP contribution in [0, 0.1) is 13.8 Å². The molecule has 76 valence electrons. The molecule has 0 spiro atoms. The highest BCUT2D eigenvalue weighted by molar-refractivity contribution is 5.72. The van der Waals surface area contributed by atoms with Gasteiger partial charge in [-0.3, -0.25) is 0 Å². The van der Waals surface area contributed by atoms with Crippen molar-refractivity contribution in [3.05, 3.63) is 35.4 Å². The zero-order chi connectivity index (χ0) is 10.4. The minimum absolute atomic E-state index is 0.329. The standard InChI is InChI=1S/C8H10.C3H6N2O/c1-7-4-3-5-8(2)6-7;4-3-5-1-2-6-3/h3-6H,1-2H3;1-2H2,(H2,4,5). The van der Waals surface area contributed by atoms with Gasteiger partial charge in [-0.05, 0) is 13.8 Å². The lowest BCUT2D eigenvalue weighted by Gasteiger charge is -1.90. The molecule has 2 N–H and O–H groups in total. The number of nitrogens with zero attached hydrogens (tertiary/aromatic N) is 1. The van der Waals surface area contributed by atoms with Crippen LogP contribution in [0.4, 0.5) is 0 Å². The fourth-order valence-corrected chi connectivity index (χ4v) is 1.16. The van der Waals surface area contributed by atoms with Crippen molar-refractivity contribution >= 4 is 6.02 Å². The Kier molecular flexibility index (Phi) is 3.98. The van der Waals surface area contributed by atoms with Gasteiger partial charge in [-0.15, -0.1) is 0 Å². The first-order valence-corrected chi connectivity index (χ1v) is 4.64. The molecule has 0 aliphatic carbocycles. The smallest absolute Gasteiger partial charge is 0.282 e. The Morgan fingerprint density at radius 2 is 1.93 bits per heavy atom. The van der Waals surface area contributed by atoms with Crippen LogP contribution in [-0.4, -0.2) is 19.2 Å². The van der Waals surface area contributed by atoms with Crippen LogP contribution in [0.15, 0.2) is 29.3 Å². The van der Waals surface area contributed by atoms with Gasteiger partial charge in [0.1, 0.15) is 6.61 Å². The van der Waals surface area contributed by atoms with E-state index in [1.165, 1.54) is 11.1 Å². The SMILES string of the molecule is Cc1cccc(C)c1.NC1=NCCO1. The second kappa shape index (κ2) is 5.27. The number of amidine groups is 1. The Morgan fingerprint density at radius 1 is 1.29 bits per heavy atom. The normalized spacial score (nSPS) is 13.7. The number of nitrogens with two attached hydrogens (primary N) is 1. The topological polar surface area (TPSA) is 47.6 Å². The highest BCUT2D eigenvalue weighted by Gasteiger charge is 1.97. The molecule has 0 fully saturated rings. The molecule has 1 aromatic rings. The van der Waals surface area contributed by atoms with Crippen LogP contribution in [0.2, 0.25) is 0 Å². The third-order valence-electron chi connectivity index (χ3n) is 1.78. The van der Waals surface area contributed by atoms with Crippen molar-refractivity contribution in [2.24, 2.45) is 10.7 Å². The maximum Gasteiger partial charge on any atom is 0.282 e. The Hall–Kier alpha value is -1.51. The molecule has 1 aromatic carbocycles. The first-order chi connectivity index (χ1) is 6.68. The maximum absolute atomic E-state index is 5.06. The molecule has 3 nitrogen and oxygen atoms in total. The van der Waals surface area contributed by atoms with Crippen molar-refractivity contribution in [1.82, 2.24) is 0 Å². The summed E-state index contributed by atoms with van der Waals surface area (Å²) in [7, 11) is 0. The van der Waals surface area contributed by atoms with Crippen molar-refractivity contribution in [3.8, 4) is 0 Å². The molecule has 1 aliphatic heterocycles. The van der Waals surface area contributed by atoms with E-state index in [0.717, 1.165) is 6.54 Å². The Balaban J connectivity index is 0.000000146. The Morgan fingerprint density at radius 3 is 2.14 bits per heavy atom. The predicted octanol–water partition coefficient (Wildman–Crippen LogP) is 1.63. The van der Waals surface area contributed by atoms with Crippen LogP contribution in [0.5, 0.6) is 0 Å². The molecule has 0 bridgehead atoms. The largest absolute Gasteiger partial charge is 0.463 e. The summed E-state index contributed by atoms with van der Waals surface area (Å²) >= 11 is 0. The lowest BCUT2D eigenvalue weighted by molar-refractivity contribution is 0.342. The molecule has 0 unspecified atom stereocenters. The van der Waals surface area contributed by atoms with Crippen LogP contribution in [0.1, 0.15) is 11.1 Å². The first-order valence-electron chi connectivity index (χ1n) is 4.64. The summed E-state index contributed by atoms with van der Waals surface area (Å²) in [6.45, 7) is 5.59. The summed E-state index contributed by atoms with van der Waals surface area (Å²) in [5.74, 6) is 0. The minimum Gasteiger partial charge on any atom is -0.463 e. The second-order valence-electron chi connectivity index (χ2n) is 3.23. The maximum atomic E-state index is 5.06. The van der Waals surface area contributed by atoms with Gasteiger partial charge in [-0.25, -0.2) is 4.99 Å². The van der Waals surface area contributed by atoms with Crippen molar-refractivity contribution in [2.75, 3.05) is 13.2 Å². The minimum atomic E-state index is 0.329. The second-order valence-corrected chi connectivity index (χ2v) is 3.23. The summed E-state index contributed by atoms with van der Waals surface area (Å²) in [6.07, 6.45) is 0. The Labute approximate surface area is 84.6 Å². The first kappa shape index (κ1) is 10.6.